The molecule has 0 rings (SSSR count). The van der Waals surface area contributed by atoms with Crippen LogP contribution in [0.15, 0.2) is 12.2 Å². The molecule has 0 aromatic heterocycles. The second kappa shape index (κ2) is 6.72. The van der Waals surface area contributed by atoms with Crippen LogP contribution in [0.4, 0.5) is 0 Å². The lowest BCUT2D eigenvalue weighted by atomic mass is 10.3. The first kappa shape index (κ1) is 13.3. The predicted molar refractivity (Wildman–Crippen MR) is 51.7 cm³/mol. The Labute approximate surface area is 87.3 Å². The zero-order valence-corrected chi connectivity index (χ0v) is 8.66. The Hall–Kier alpha value is -1.69. The van der Waals surface area contributed by atoms with Crippen LogP contribution >= 0.6 is 0 Å². The highest BCUT2D eigenvalue weighted by Gasteiger charge is 2.11. The summed E-state index contributed by atoms with van der Waals surface area (Å²) in [5.74, 6) is -1.35. The maximum absolute atomic E-state index is 10.8. The molecule has 0 spiro atoms. The van der Waals surface area contributed by atoms with Crippen molar-refractivity contribution in [2.45, 2.75) is 0 Å². The highest BCUT2D eigenvalue weighted by atomic mass is 16.5. The number of nitrogens with one attached hydrogen (secondary N) is 1. The third-order valence-corrected chi connectivity index (χ3v) is 1.43. The van der Waals surface area contributed by atoms with Crippen LogP contribution in [0.25, 0.3) is 0 Å². The molecule has 0 saturated heterocycles. The molecular formula is C9H13NO5. The maximum Gasteiger partial charge on any atom is 0.354 e. The van der Waals surface area contributed by atoms with Crippen LogP contribution in [0.2, 0.25) is 0 Å². The minimum atomic E-state index is -0.765. The first-order valence-electron chi connectivity index (χ1n) is 4.02. The van der Waals surface area contributed by atoms with Gasteiger partial charge >= 0.3 is 11.9 Å². The van der Waals surface area contributed by atoms with Crippen LogP contribution in [0.1, 0.15) is 0 Å². The molecule has 0 heterocycles. The fraction of sp³-hybridized carbons (Fsp3) is 0.444. The van der Waals surface area contributed by atoms with Gasteiger partial charge in [0.1, 0.15) is 5.71 Å². The van der Waals surface area contributed by atoms with E-state index in [9.17, 15) is 9.59 Å². The number of methoxy groups -OCH3 is 2. The topological polar surface area (TPSA) is 85.7 Å². The van der Waals surface area contributed by atoms with E-state index in [1.807, 2.05) is 0 Å². The number of ether oxygens (including phenoxy) is 3. The summed E-state index contributed by atoms with van der Waals surface area (Å²) < 4.78 is 13.5. The van der Waals surface area contributed by atoms with Gasteiger partial charge in [0.05, 0.1) is 33.0 Å². The van der Waals surface area contributed by atoms with Crippen LogP contribution < -0.4 is 0 Å². The van der Waals surface area contributed by atoms with E-state index in [2.05, 4.69) is 16.1 Å². The molecule has 0 aliphatic rings. The fourth-order valence-electron chi connectivity index (χ4n) is 0.662. The first-order chi connectivity index (χ1) is 7.02. The summed E-state index contributed by atoms with van der Waals surface area (Å²) in [5, 5.41) is 7.15. The Morgan fingerprint density at radius 2 is 1.67 bits per heavy atom. The molecule has 6 nitrogen and oxygen atoms in total. The van der Waals surface area contributed by atoms with Crippen molar-refractivity contribution in [1.29, 1.82) is 5.41 Å². The first-order valence-corrected chi connectivity index (χ1v) is 4.02. The van der Waals surface area contributed by atoms with Crippen molar-refractivity contribution in [3.63, 3.8) is 0 Å². The molecule has 0 amide bonds. The Morgan fingerprint density at radius 3 is 2.13 bits per heavy atom. The lowest BCUT2D eigenvalue weighted by Crippen LogP contribution is -2.21. The minimum Gasteiger partial charge on any atom is -0.466 e. The lowest BCUT2D eigenvalue weighted by Gasteiger charge is -2.05. The summed E-state index contributed by atoms with van der Waals surface area (Å²) in [7, 11) is 2.40. The van der Waals surface area contributed by atoms with Crippen LogP contribution in [-0.2, 0) is 23.8 Å². The smallest absolute Gasteiger partial charge is 0.354 e. The second-order valence-electron chi connectivity index (χ2n) is 2.56. The summed E-state index contributed by atoms with van der Waals surface area (Å²) >= 11 is 0. The van der Waals surface area contributed by atoms with E-state index in [1.165, 1.54) is 14.2 Å². The molecule has 6 heteroatoms. The summed E-state index contributed by atoms with van der Waals surface area (Å²) in [6.45, 7) is 3.08. The standard InChI is InChI=1S/C9H13NO5/c1-6(8(11)13-2)4-15-5-7(10)9(12)14-3/h10H,1,4-5H2,2-3H3. The van der Waals surface area contributed by atoms with Crippen molar-refractivity contribution in [3.8, 4) is 0 Å². The normalized spacial score (nSPS) is 9.20. The average Bonchev–Trinajstić information content (AvgIpc) is 2.26. The minimum absolute atomic E-state index is 0.0912. The SMILES string of the molecule is C=C(COCC(=N)C(=O)OC)C(=O)OC. The zero-order valence-electron chi connectivity index (χ0n) is 8.66. The Morgan fingerprint density at radius 1 is 1.13 bits per heavy atom. The molecule has 0 radical (unpaired) electrons. The third kappa shape index (κ3) is 4.92. The summed E-state index contributed by atoms with van der Waals surface area (Å²) in [4.78, 5) is 21.6. The van der Waals surface area contributed by atoms with E-state index < -0.39 is 11.9 Å². The summed E-state index contributed by atoms with van der Waals surface area (Å²) in [5.41, 5.74) is -0.203. The van der Waals surface area contributed by atoms with Crippen LogP contribution in [0.3, 0.4) is 0 Å². The zero-order chi connectivity index (χ0) is 11.8. The van der Waals surface area contributed by atoms with Gasteiger partial charge in [-0.15, -0.1) is 0 Å². The molecule has 0 bridgehead atoms. The highest BCUT2D eigenvalue weighted by Crippen LogP contribution is 1.95. The number of hydrogen-bond acceptors (Lipinski definition) is 6. The van der Waals surface area contributed by atoms with Gasteiger partial charge in [-0.05, 0) is 0 Å². The summed E-state index contributed by atoms with van der Waals surface area (Å²) in [6.07, 6.45) is 0. The monoisotopic (exact) mass is 215 g/mol. The van der Waals surface area contributed by atoms with Gasteiger partial charge in [0.25, 0.3) is 0 Å². The molecule has 0 aliphatic heterocycles. The number of rotatable bonds is 6. The van der Waals surface area contributed by atoms with Gasteiger partial charge in [0.2, 0.25) is 0 Å². The van der Waals surface area contributed by atoms with Gasteiger partial charge in [-0.2, -0.15) is 0 Å². The van der Waals surface area contributed by atoms with Gasteiger partial charge in [-0.1, -0.05) is 6.58 Å². The molecule has 0 aromatic carbocycles. The third-order valence-electron chi connectivity index (χ3n) is 1.43. The molecule has 0 saturated carbocycles. The van der Waals surface area contributed by atoms with E-state index >= 15 is 0 Å². The van der Waals surface area contributed by atoms with Crippen molar-refractivity contribution in [2.24, 2.45) is 0 Å². The second-order valence-corrected chi connectivity index (χ2v) is 2.56. The van der Waals surface area contributed by atoms with Gasteiger partial charge in [-0.3, -0.25) is 5.41 Å². The Balaban J connectivity index is 3.80. The van der Waals surface area contributed by atoms with Gasteiger partial charge < -0.3 is 14.2 Å². The van der Waals surface area contributed by atoms with Gasteiger partial charge in [0, 0.05) is 0 Å². The van der Waals surface area contributed by atoms with E-state index in [1.54, 1.807) is 0 Å². The van der Waals surface area contributed by atoms with Crippen molar-refractivity contribution in [1.82, 2.24) is 0 Å². The van der Waals surface area contributed by atoms with Crippen molar-refractivity contribution in [3.05, 3.63) is 12.2 Å². The summed E-state index contributed by atoms with van der Waals surface area (Å²) in [6, 6.07) is 0. The molecule has 0 unspecified atom stereocenters. The number of carbonyl (C=O) groups excluding carboxylic acids is 2. The molecule has 0 aromatic rings. The quantitative estimate of drug-likeness (QED) is 0.380. The molecular weight excluding hydrogens is 202 g/mol. The van der Waals surface area contributed by atoms with E-state index in [-0.39, 0.29) is 24.5 Å². The molecule has 0 atom stereocenters. The van der Waals surface area contributed by atoms with Crippen molar-refractivity contribution < 1.29 is 23.8 Å². The van der Waals surface area contributed by atoms with Gasteiger partial charge in [0.15, 0.2) is 0 Å². The molecule has 0 fully saturated rings. The molecule has 1 N–H and O–H groups in total. The lowest BCUT2D eigenvalue weighted by molar-refractivity contribution is -0.136. The Kier molecular flexibility index (Phi) is 5.96. The molecule has 15 heavy (non-hydrogen) atoms. The largest absolute Gasteiger partial charge is 0.466 e. The van der Waals surface area contributed by atoms with Gasteiger partial charge in [-0.25, -0.2) is 9.59 Å². The molecule has 0 aliphatic carbocycles. The average molecular weight is 215 g/mol. The maximum atomic E-state index is 10.8. The van der Waals surface area contributed by atoms with E-state index in [0.717, 1.165) is 0 Å². The van der Waals surface area contributed by atoms with Crippen molar-refractivity contribution >= 4 is 17.7 Å². The highest BCUT2D eigenvalue weighted by molar-refractivity contribution is 6.35. The predicted octanol–water partition coefficient (Wildman–Crippen LogP) is -0.0750. The van der Waals surface area contributed by atoms with E-state index in [0.29, 0.717) is 0 Å². The number of hydrogen-bond donors (Lipinski definition) is 1. The van der Waals surface area contributed by atoms with Crippen LogP contribution in [0, 0.1) is 5.41 Å². The van der Waals surface area contributed by atoms with Crippen molar-refractivity contribution in [2.75, 3.05) is 27.4 Å². The van der Waals surface area contributed by atoms with Crippen LogP contribution in [0.5, 0.6) is 0 Å². The molecule has 84 valence electrons. The Bertz CT molecular complexity index is 256. The van der Waals surface area contributed by atoms with E-state index in [4.69, 9.17) is 10.1 Å². The fourth-order valence-corrected chi connectivity index (χ4v) is 0.662. The van der Waals surface area contributed by atoms with Crippen LogP contribution in [-0.4, -0.2) is 45.1 Å². The number of carbonyl (C=O) groups is 2. The number of esters is 2.